The third kappa shape index (κ3) is 2.56. The van der Waals surface area contributed by atoms with Crippen molar-refractivity contribution in [3.8, 4) is 11.5 Å². The van der Waals surface area contributed by atoms with Crippen LogP contribution in [0, 0.1) is 5.92 Å². The molecule has 3 N–H and O–H groups in total. The van der Waals surface area contributed by atoms with E-state index in [4.69, 9.17) is 15.2 Å². The first-order valence-corrected chi connectivity index (χ1v) is 6.08. The minimum absolute atomic E-state index is 0.152. The van der Waals surface area contributed by atoms with E-state index in [1.165, 1.54) is 0 Å². The van der Waals surface area contributed by atoms with Crippen molar-refractivity contribution in [2.45, 2.75) is 26.3 Å². The van der Waals surface area contributed by atoms with Crippen LogP contribution in [0.2, 0.25) is 0 Å². The van der Waals surface area contributed by atoms with Gasteiger partial charge in [-0.2, -0.15) is 0 Å². The second-order valence-corrected chi connectivity index (χ2v) is 4.47. The molecule has 18 heavy (non-hydrogen) atoms. The summed E-state index contributed by atoms with van der Waals surface area (Å²) in [4.78, 5) is 11.9. The number of nitrogens with two attached hydrogens (primary N) is 1. The smallest absolute Gasteiger partial charge is 0.241 e. The van der Waals surface area contributed by atoms with Gasteiger partial charge in [0.15, 0.2) is 11.5 Å². The van der Waals surface area contributed by atoms with E-state index in [0.29, 0.717) is 17.2 Å². The number of hydrogen-bond donors (Lipinski definition) is 2. The Morgan fingerprint density at radius 1 is 1.44 bits per heavy atom. The van der Waals surface area contributed by atoms with E-state index in [-0.39, 0.29) is 18.6 Å². The lowest BCUT2D eigenvalue weighted by Gasteiger charge is -2.17. The number of rotatable bonds is 4. The minimum Gasteiger partial charge on any atom is -0.454 e. The van der Waals surface area contributed by atoms with Gasteiger partial charge in [-0.1, -0.05) is 20.3 Å². The third-order valence-electron chi connectivity index (χ3n) is 3.20. The molecule has 1 aliphatic heterocycles. The van der Waals surface area contributed by atoms with E-state index in [1.54, 1.807) is 18.2 Å². The van der Waals surface area contributed by atoms with Gasteiger partial charge in [-0.15, -0.1) is 0 Å². The number of nitrogens with one attached hydrogen (secondary N) is 1. The number of carbonyl (C=O) groups excluding carboxylic acids is 1. The molecule has 2 rings (SSSR count). The SMILES string of the molecule is CCC(C)[C@H](N)C(=O)Nc1ccc2c(c1)OCO2. The molecule has 0 bridgehead atoms. The molecule has 0 aromatic heterocycles. The quantitative estimate of drug-likeness (QED) is 0.853. The van der Waals surface area contributed by atoms with Crippen LogP contribution in [0.5, 0.6) is 11.5 Å². The van der Waals surface area contributed by atoms with Crippen molar-refractivity contribution in [1.29, 1.82) is 0 Å². The van der Waals surface area contributed by atoms with Crippen molar-refractivity contribution < 1.29 is 14.3 Å². The van der Waals surface area contributed by atoms with E-state index >= 15 is 0 Å². The Hall–Kier alpha value is -1.75. The van der Waals surface area contributed by atoms with Crippen molar-refractivity contribution in [2.75, 3.05) is 12.1 Å². The van der Waals surface area contributed by atoms with Crippen LogP contribution >= 0.6 is 0 Å². The maximum absolute atomic E-state index is 11.9. The number of amides is 1. The molecule has 0 aliphatic carbocycles. The normalized spacial score (nSPS) is 16.2. The average Bonchev–Trinajstić information content (AvgIpc) is 2.84. The predicted molar refractivity (Wildman–Crippen MR) is 68.6 cm³/mol. The summed E-state index contributed by atoms with van der Waals surface area (Å²) < 4.78 is 10.4. The first-order valence-electron chi connectivity index (χ1n) is 6.08. The molecule has 5 nitrogen and oxygen atoms in total. The molecule has 1 aliphatic rings. The van der Waals surface area contributed by atoms with Gasteiger partial charge >= 0.3 is 0 Å². The van der Waals surface area contributed by atoms with Crippen LogP contribution in [0.15, 0.2) is 18.2 Å². The number of benzene rings is 1. The molecule has 0 fully saturated rings. The Balaban J connectivity index is 2.03. The van der Waals surface area contributed by atoms with Gasteiger partial charge in [-0.3, -0.25) is 4.79 Å². The topological polar surface area (TPSA) is 73.6 Å². The standard InChI is InChI=1S/C13H18N2O3/c1-3-8(2)12(14)13(16)15-9-4-5-10-11(6-9)18-7-17-10/h4-6,8,12H,3,7,14H2,1-2H3,(H,15,16)/t8?,12-/m0/s1. The first-order chi connectivity index (χ1) is 8.61. The van der Waals surface area contributed by atoms with Crippen molar-refractivity contribution in [1.82, 2.24) is 0 Å². The lowest BCUT2D eigenvalue weighted by molar-refractivity contribution is -0.118. The highest BCUT2D eigenvalue weighted by Gasteiger charge is 2.20. The lowest BCUT2D eigenvalue weighted by Crippen LogP contribution is -2.40. The summed E-state index contributed by atoms with van der Waals surface area (Å²) in [6, 6.07) is 4.78. The van der Waals surface area contributed by atoms with E-state index in [1.807, 2.05) is 13.8 Å². The summed E-state index contributed by atoms with van der Waals surface area (Å²) in [6.07, 6.45) is 0.871. The van der Waals surface area contributed by atoms with Gasteiger partial charge < -0.3 is 20.5 Å². The molecule has 5 heteroatoms. The molecule has 1 aromatic carbocycles. The Morgan fingerprint density at radius 2 is 2.17 bits per heavy atom. The van der Waals surface area contributed by atoms with Crippen LogP contribution in [0.25, 0.3) is 0 Å². The first kappa shape index (κ1) is 12.7. The Labute approximate surface area is 106 Å². The fourth-order valence-electron chi connectivity index (χ4n) is 1.71. The van der Waals surface area contributed by atoms with Crippen molar-refractivity contribution in [3.05, 3.63) is 18.2 Å². The van der Waals surface area contributed by atoms with Crippen LogP contribution in [0.4, 0.5) is 5.69 Å². The van der Waals surface area contributed by atoms with Gasteiger partial charge in [0, 0.05) is 11.8 Å². The highest BCUT2D eigenvalue weighted by atomic mass is 16.7. The zero-order valence-electron chi connectivity index (χ0n) is 10.6. The summed E-state index contributed by atoms with van der Waals surface area (Å²) in [5, 5.41) is 2.79. The number of fused-ring (bicyclic) bond motifs is 1. The second kappa shape index (κ2) is 5.27. The Kier molecular flexibility index (Phi) is 3.72. The number of carbonyl (C=O) groups is 1. The maximum atomic E-state index is 11.9. The molecule has 1 aromatic rings. The van der Waals surface area contributed by atoms with Gasteiger partial charge in [0.25, 0.3) is 0 Å². The molecule has 2 atom stereocenters. The monoisotopic (exact) mass is 250 g/mol. The fourth-order valence-corrected chi connectivity index (χ4v) is 1.71. The molecule has 0 saturated heterocycles. The molecule has 1 unspecified atom stereocenters. The second-order valence-electron chi connectivity index (χ2n) is 4.47. The van der Waals surface area contributed by atoms with Crippen LogP contribution in [-0.2, 0) is 4.79 Å². The molecule has 1 heterocycles. The minimum atomic E-state index is -0.500. The highest BCUT2D eigenvalue weighted by Crippen LogP contribution is 2.34. The molecular weight excluding hydrogens is 232 g/mol. The van der Waals surface area contributed by atoms with Crippen LogP contribution in [0.3, 0.4) is 0 Å². The molecule has 1 amide bonds. The summed E-state index contributed by atoms with van der Waals surface area (Å²) in [5.41, 5.74) is 6.53. The average molecular weight is 250 g/mol. The maximum Gasteiger partial charge on any atom is 0.241 e. The van der Waals surface area contributed by atoms with Crippen molar-refractivity contribution in [2.24, 2.45) is 11.7 Å². The Morgan fingerprint density at radius 3 is 2.89 bits per heavy atom. The van der Waals surface area contributed by atoms with Crippen molar-refractivity contribution >= 4 is 11.6 Å². The fraction of sp³-hybridized carbons (Fsp3) is 0.462. The van der Waals surface area contributed by atoms with E-state index in [9.17, 15) is 4.79 Å². The summed E-state index contributed by atoms with van der Waals surface area (Å²) in [6.45, 7) is 4.20. The van der Waals surface area contributed by atoms with Gasteiger partial charge in [-0.05, 0) is 18.1 Å². The molecule has 0 radical (unpaired) electrons. The van der Waals surface area contributed by atoms with E-state index in [2.05, 4.69) is 5.32 Å². The van der Waals surface area contributed by atoms with E-state index < -0.39 is 6.04 Å². The van der Waals surface area contributed by atoms with Gasteiger partial charge in [0.1, 0.15) is 0 Å². The third-order valence-corrected chi connectivity index (χ3v) is 3.20. The van der Waals surface area contributed by atoms with Gasteiger partial charge in [0.05, 0.1) is 6.04 Å². The number of hydrogen-bond acceptors (Lipinski definition) is 4. The number of anilines is 1. The van der Waals surface area contributed by atoms with Crippen LogP contribution in [-0.4, -0.2) is 18.7 Å². The largest absolute Gasteiger partial charge is 0.454 e. The van der Waals surface area contributed by atoms with E-state index in [0.717, 1.165) is 6.42 Å². The molecule has 0 saturated carbocycles. The summed E-state index contributed by atoms with van der Waals surface area (Å²) in [7, 11) is 0. The highest BCUT2D eigenvalue weighted by molar-refractivity contribution is 5.95. The van der Waals surface area contributed by atoms with Crippen LogP contribution in [0.1, 0.15) is 20.3 Å². The van der Waals surface area contributed by atoms with Gasteiger partial charge in [-0.25, -0.2) is 0 Å². The predicted octanol–water partition coefficient (Wildman–Crippen LogP) is 1.73. The summed E-state index contributed by atoms with van der Waals surface area (Å²) >= 11 is 0. The van der Waals surface area contributed by atoms with Crippen molar-refractivity contribution in [3.63, 3.8) is 0 Å². The van der Waals surface area contributed by atoms with Crippen LogP contribution < -0.4 is 20.5 Å². The zero-order valence-corrected chi connectivity index (χ0v) is 10.6. The zero-order chi connectivity index (χ0) is 13.1. The summed E-state index contributed by atoms with van der Waals surface area (Å²) in [5.74, 6) is 1.31. The van der Waals surface area contributed by atoms with Gasteiger partial charge in [0.2, 0.25) is 12.7 Å². The molecule has 0 spiro atoms. The molecule has 98 valence electrons. The molecular formula is C13H18N2O3. The Bertz CT molecular complexity index is 448. The number of ether oxygens (including phenoxy) is 2. The lowest BCUT2D eigenvalue weighted by atomic mass is 9.99.